The Morgan fingerprint density at radius 3 is 2.88 bits per heavy atom. The van der Waals surface area contributed by atoms with Crippen molar-refractivity contribution in [2.24, 2.45) is 4.36 Å². The summed E-state index contributed by atoms with van der Waals surface area (Å²) in [6, 6.07) is 0. The molecule has 0 N–H and O–H groups in total. The zero-order valence-corrected chi connectivity index (χ0v) is 6.55. The molecule has 0 saturated carbocycles. The van der Waals surface area contributed by atoms with Gasteiger partial charge in [-0.3, -0.25) is 0 Å². The van der Waals surface area contributed by atoms with Crippen LogP contribution in [0.2, 0.25) is 0 Å². The van der Waals surface area contributed by atoms with Gasteiger partial charge in [-0.1, -0.05) is 10.7 Å². The summed E-state index contributed by atoms with van der Waals surface area (Å²) in [6.07, 6.45) is 5.74. The van der Waals surface area contributed by atoms with Gasteiger partial charge in [0.2, 0.25) is 6.19 Å². The van der Waals surface area contributed by atoms with Gasteiger partial charge in [-0.15, -0.1) is 0 Å². The maximum absolute atomic E-state index is 8.04. The van der Waals surface area contributed by atoms with Crippen LogP contribution in [0, 0.1) is 11.5 Å². The van der Waals surface area contributed by atoms with Crippen LogP contribution in [0.25, 0.3) is 0 Å². The molecular weight excluding hydrogens is 140 g/mol. The van der Waals surface area contributed by atoms with Gasteiger partial charge in [-0.2, -0.15) is 21.4 Å². The molecule has 4 heteroatoms. The summed E-state index contributed by atoms with van der Waals surface area (Å²) in [7, 11) is -0.0432. The molecule has 0 aliphatic heterocycles. The molecule has 0 aromatic carbocycles. The van der Waals surface area contributed by atoms with E-state index in [1.165, 1.54) is 0 Å². The lowest BCUT2D eigenvalue weighted by atomic mass is 11.5. The average Bonchev–Trinajstić information content (AvgIpc) is 1.68. The molecular formula is C4H8N2S2. The normalized spacial score (nSPS) is 13.1. The standard InChI is InChI=1S/C4H8N2S2/c1-7-4-8(2)6-3-5/h4H2,1-2H3. The van der Waals surface area contributed by atoms with Gasteiger partial charge in [0, 0.05) is 0 Å². The molecule has 0 spiro atoms. The van der Waals surface area contributed by atoms with Crippen molar-refractivity contribution >= 4 is 22.5 Å². The van der Waals surface area contributed by atoms with E-state index in [1.807, 2.05) is 12.5 Å². The zero-order valence-electron chi connectivity index (χ0n) is 4.92. The van der Waals surface area contributed by atoms with Crippen molar-refractivity contribution < 1.29 is 0 Å². The van der Waals surface area contributed by atoms with Gasteiger partial charge in [0.1, 0.15) is 0 Å². The molecule has 2 nitrogen and oxygen atoms in total. The van der Waals surface area contributed by atoms with Crippen LogP contribution in [0.4, 0.5) is 0 Å². The molecule has 0 rings (SSSR count). The van der Waals surface area contributed by atoms with Gasteiger partial charge in [-0.25, -0.2) is 0 Å². The smallest absolute Gasteiger partial charge is 0.170 e. The van der Waals surface area contributed by atoms with Gasteiger partial charge in [0.15, 0.2) is 0 Å². The van der Waals surface area contributed by atoms with E-state index in [0.717, 1.165) is 5.08 Å². The lowest BCUT2D eigenvalue weighted by molar-refractivity contribution is 1.46. The Labute approximate surface area is 56.4 Å². The van der Waals surface area contributed by atoms with E-state index in [0.29, 0.717) is 0 Å². The van der Waals surface area contributed by atoms with Crippen LogP contribution >= 0.6 is 11.8 Å². The maximum Gasteiger partial charge on any atom is 0.212 e. The Hall–Kier alpha value is -0.0100. The van der Waals surface area contributed by atoms with E-state index in [2.05, 4.69) is 4.36 Å². The minimum absolute atomic E-state index is 0.0432. The van der Waals surface area contributed by atoms with Crippen molar-refractivity contribution in [2.75, 3.05) is 17.6 Å². The van der Waals surface area contributed by atoms with Crippen LogP contribution < -0.4 is 0 Å². The van der Waals surface area contributed by atoms with Crippen molar-refractivity contribution in [3.8, 4) is 6.19 Å². The third-order valence-electron chi connectivity index (χ3n) is 0.485. The van der Waals surface area contributed by atoms with E-state index in [-0.39, 0.29) is 10.7 Å². The number of nitrogens with zero attached hydrogens (tertiary/aromatic N) is 2. The summed E-state index contributed by atoms with van der Waals surface area (Å²) in [5, 5.41) is 9.01. The molecule has 0 saturated heterocycles. The van der Waals surface area contributed by atoms with Gasteiger partial charge in [-0.05, 0) is 12.5 Å². The first kappa shape index (κ1) is 7.99. The first-order valence-corrected chi connectivity index (χ1v) is 5.18. The zero-order chi connectivity index (χ0) is 6.41. The Morgan fingerprint density at radius 1 is 1.88 bits per heavy atom. The van der Waals surface area contributed by atoms with E-state index in [9.17, 15) is 0 Å². The largest absolute Gasteiger partial charge is 0.212 e. The second kappa shape index (κ2) is 5.13. The highest BCUT2D eigenvalue weighted by Crippen LogP contribution is 1.95. The lowest BCUT2D eigenvalue weighted by Crippen LogP contribution is -1.85. The first-order valence-electron chi connectivity index (χ1n) is 2.02. The molecule has 0 aromatic heterocycles. The molecule has 0 amide bonds. The predicted molar refractivity (Wildman–Crippen MR) is 39.7 cm³/mol. The molecule has 8 heavy (non-hydrogen) atoms. The summed E-state index contributed by atoms with van der Waals surface area (Å²) in [6.45, 7) is 0. The minimum Gasteiger partial charge on any atom is -0.170 e. The van der Waals surface area contributed by atoms with Gasteiger partial charge in [0.05, 0.1) is 5.08 Å². The summed E-state index contributed by atoms with van der Waals surface area (Å²) < 4.78 is 3.63. The van der Waals surface area contributed by atoms with Crippen LogP contribution in [0.3, 0.4) is 0 Å². The second-order valence-corrected chi connectivity index (χ2v) is 4.10. The molecule has 0 fully saturated rings. The highest BCUT2D eigenvalue weighted by atomic mass is 32.2. The Morgan fingerprint density at radius 2 is 2.50 bits per heavy atom. The molecule has 0 radical (unpaired) electrons. The maximum atomic E-state index is 8.04. The molecule has 0 aliphatic rings. The summed E-state index contributed by atoms with van der Waals surface area (Å²) in [5.41, 5.74) is 0. The fourth-order valence-electron chi connectivity index (χ4n) is 0.267. The van der Waals surface area contributed by atoms with Crippen LogP contribution in [0.1, 0.15) is 0 Å². The number of hydrogen-bond donors (Lipinski definition) is 0. The summed E-state index contributed by atoms with van der Waals surface area (Å²) >= 11 is 1.72. The third-order valence-corrected chi connectivity index (χ3v) is 3.19. The van der Waals surface area contributed by atoms with Crippen molar-refractivity contribution in [1.29, 1.82) is 5.26 Å². The van der Waals surface area contributed by atoms with Gasteiger partial charge in [0.25, 0.3) is 0 Å². The van der Waals surface area contributed by atoms with Gasteiger partial charge >= 0.3 is 0 Å². The van der Waals surface area contributed by atoms with Crippen LogP contribution in [0.5, 0.6) is 0 Å². The topological polar surface area (TPSA) is 36.1 Å². The number of rotatable bonds is 2. The van der Waals surface area contributed by atoms with E-state index in [4.69, 9.17) is 5.26 Å². The van der Waals surface area contributed by atoms with Crippen LogP contribution in [-0.2, 0) is 10.7 Å². The molecule has 0 heterocycles. The molecule has 46 valence electrons. The molecule has 1 atom stereocenters. The quantitative estimate of drug-likeness (QED) is 0.552. The van der Waals surface area contributed by atoms with Crippen molar-refractivity contribution in [3.63, 3.8) is 0 Å². The number of hydrogen-bond acceptors (Lipinski definition) is 3. The van der Waals surface area contributed by atoms with E-state index < -0.39 is 0 Å². The number of thioether (sulfide) groups is 1. The van der Waals surface area contributed by atoms with E-state index in [1.54, 1.807) is 18.0 Å². The monoisotopic (exact) mass is 148 g/mol. The molecule has 0 aliphatic carbocycles. The molecule has 1 unspecified atom stereocenters. The summed E-state index contributed by atoms with van der Waals surface area (Å²) in [4.78, 5) is 0. The predicted octanol–water partition coefficient (Wildman–Crippen LogP) is 1.22. The lowest BCUT2D eigenvalue weighted by Gasteiger charge is -1.90. The second-order valence-electron chi connectivity index (χ2n) is 1.20. The Kier molecular flexibility index (Phi) is 5.13. The third kappa shape index (κ3) is 4.16. The fraction of sp³-hybridized carbons (Fsp3) is 0.750. The van der Waals surface area contributed by atoms with E-state index >= 15 is 0 Å². The summed E-state index contributed by atoms with van der Waals surface area (Å²) in [5.74, 6) is 0. The highest BCUT2D eigenvalue weighted by molar-refractivity contribution is 8.10. The van der Waals surface area contributed by atoms with Crippen LogP contribution in [0.15, 0.2) is 4.36 Å². The average molecular weight is 148 g/mol. The van der Waals surface area contributed by atoms with Crippen LogP contribution in [-0.4, -0.2) is 17.6 Å². The fourth-order valence-corrected chi connectivity index (χ4v) is 1.98. The SMILES string of the molecule is CSCS(C)=NC#N. The Balaban J connectivity index is 3.49. The highest BCUT2D eigenvalue weighted by Gasteiger charge is 1.82. The van der Waals surface area contributed by atoms with Gasteiger partial charge < -0.3 is 0 Å². The molecule has 0 bridgehead atoms. The van der Waals surface area contributed by atoms with Crippen molar-refractivity contribution in [3.05, 3.63) is 0 Å². The molecule has 0 aromatic rings. The Bertz CT molecular complexity index is 124. The van der Waals surface area contributed by atoms with Crippen molar-refractivity contribution in [2.45, 2.75) is 0 Å². The number of nitriles is 1. The first-order chi connectivity index (χ1) is 3.81. The van der Waals surface area contributed by atoms with Crippen molar-refractivity contribution in [1.82, 2.24) is 0 Å². The minimum atomic E-state index is -0.0432.